The van der Waals surface area contributed by atoms with Crippen LogP contribution in [0.4, 0.5) is 0 Å². The van der Waals surface area contributed by atoms with Crippen molar-refractivity contribution >= 4 is 12.6 Å². The van der Waals surface area contributed by atoms with E-state index in [0.717, 1.165) is 62.7 Å². The van der Waals surface area contributed by atoms with Gasteiger partial charge in [0, 0.05) is 24.0 Å². The van der Waals surface area contributed by atoms with Gasteiger partial charge in [0.1, 0.15) is 11.5 Å². The molecule has 0 bridgehead atoms. The molecule has 2 aromatic carbocycles. The Labute approximate surface area is 168 Å². The van der Waals surface area contributed by atoms with Crippen LogP contribution in [0.25, 0.3) is 0 Å². The molecule has 1 N–H and O–H groups in total. The van der Waals surface area contributed by atoms with Crippen molar-refractivity contribution in [3.05, 3.63) is 60.2 Å². The highest BCUT2D eigenvalue weighted by molar-refractivity contribution is 7.69. The third-order valence-corrected chi connectivity index (χ3v) is 9.71. The fraction of sp³-hybridized carbons (Fsp3) is 0.478. The minimum atomic E-state index is -2.98. The van der Waals surface area contributed by atoms with Gasteiger partial charge in [0.25, 0.3) is 0 Å². The zero-order valence-electron chi connectivity index (χ0n) is 16.5. The largest absolute Gasteiger partial charge is 0.508 e. The van der Waals surface area contributed by atoms with Crippen LogP contribution in [0.2, 0.25) is 0 Å². The van der Waals surface area contributed by atoms with Gasteiger partial charge in [0.15, 0.2) is 7.29 Å². The van der Waals surface area contributed by atoms with E-state index < -0.39 is 7.29 Å². The van der Waals surface area contributed by atoms with E-state index in [4.69, 9.17) is 0 Å². The summed E-state index contributed by atoms with van der Waals surface area (Å²) in [6.45, 7) is 3.60. The Morgan fingerprint density at radius 2 is 1.32 bits per heavy atom. The average Bonchev–Trinajstić information content (AvgIpc) is 2.77. The third kappa shape index (κ3) is 3.78. The van der Waals surface area contributed by atoms with Crippen LogP contribution in [0.3, 0.4) is 0 Å². The lowest BCUT2D eigenvalue weighted by Gasteiger charge is -2.45. The molecule has 150 valence electrons. The lowest BCUT2D eigenvalue weighted by molar-refractivity contribution is 0.196. The molecular formula is C23H31N2O2P. The smallest absolute Gasteiger partial charge is 0.199 e. The first-order valence-corrected chi connectivity index (χ1v) is 12.4. The van der Waals surface area contributed by atoms with Gasteiger partial charge in [-0.25, -0.2) is 4.67 Å². The molecule has 0 aromatic heterocycles. The Hall–Kier alpha value is -1.61. The summed E-state index contributed by atoms with van der Waals surface area (Å²) in [4.78, 5) is 2.38. The van der Waals surface area contributed by atoms with Crippen LogP contribution >= 0.6 is 7.29 Å². The van der Waals surface area contributed by atoms with Crippen molar-refractivity contribution < 1.29 is 9.67 Å². The Morgan fingerprint density at radius 1 is 0.750 bits per heavy atom. The van der Waals surface area contributed by atoms with E-state index in [-0.39, 0.29) is 11.5 Å². The Bertz CT molecular complexity index is 814. The quantitative estimate of drug-likeness (QED) is 0.723. The summed E-state index contributed by atoms with van der Waals surface area (Å²) in [5.41, 5.74) is 0.808. The number of para-hydroxylation sites is 1. The van der Waals surface area contributed by atoms with Crippen molar-refractivity contribution in [1.82, 2.24) is 9.57 Å². The number of aromatic hydroxyl groups is 1. The van der Waals surface area contributed by atoms with Crippen LogP contribution in [0.1, 0.15) is 49.9 Å². The van der Waals surface area contributed by atoms with Crippen molar-refractivity contribution in [2.75, 3.05) is 26.2 Å². The van der Waals surface area contributed by atoms with Crippen molar-refractivity contribution in [3.8, 4) is 5.75 Å². The summed E-state index contributed by atoms with van der Waals surface area (Å²) >= 11 is 0. The van der Waals surface area contributed by atoms with Crippen LogP contribution < -0.4 is 5.30 Å². The van der Waals surface area contributed by atoms with E-state index >= 15 is 4.57 Å². The highest BCUT2D eigenvalue weighted by Gasteiger charge is 2.45. The molecule has 0 saturated carbocycles. The first-order valence-electron chi connectivity index (χ1n) is 10.6. The molecule has 2 atom stereocenters. The average molecular weight is 398 g/mol. The summed E-state index contributed by atoms with van der Waals surface area (Å²) in [6.07, 6.45) is 6.85. The molecule has 0 radical (unpaired) electrons. The second kappa shape index (κ2) is 8.82. The number of phenolic OH excluding ortho intramolecular Hbond substituents is 1. The normalized spacial score (nSPS) is 22.4. The molecule has 4 rings (SSSR count). The van der Waals surface area contributed by atoms with E-state index in [1.165, 1.54) is 12.8 Å². The molecule has 28 heavy (non-hydrogen) atoms. The predicted molar refractivity (Wildman–Crippen MR) is 115 cm³/mol. The van der Waals surface area contributed by atoms with Gasteiger partial charge < -0.3 is 5.11 Å². The number of hydrogen-bond acceptors (Lipinski definition) is 3. The van der Waals surface area contributed by atoms with E-state index in [9.17, 15) is 5.11 Å². The molecule has 2 fully saturated rings. The van der Waals surface area contributed by atoms with Gasteiger partial charge in [0.05, 0.1) is 0 Å². The molecule has 2 aromatic rings. The second-order valence-electron chi connectivity index (χ2n) is 8.00. The van der Waals surface area contributed by atoms with Gasteiger partial charge in [-0.2, -0.15) is 0 Å². The maximum atomic E-state index is 15.1. The molecule has 2 saturated heterocycles. The van der Waals surface area contributed by atoms with Crippen LogP contribution in [0.15, 0.2) is 54.6 Å². The molecule has 0 spiro atoms. The molecule has 4 nitrogen and oxygen atoms in total. The van der Waals surface area contributed by atoms with Crippen LogP contribution in [0, 0.1) is 0 Å². The summed E-state index contributed by atoms with van der Waals surface area (Å²) in [5.74, 6) is -0.0410. The van der Waals surface area contributed by atoms with Gasteiger partial charge in [-0.05, 0) is 44.8 Å². The minimum Gasteiger partial charge on any atom is -0.508 e. The highest BCUT2D eigenvalue weighted by Crippen LogP contribution is 2.64. The monoisotopic (exact) mass is 398 g/mol. The standard InChI is InChI=1S/C23H31N2O2P/c26-22-15-7-6-14-21(22)23(24-16-8-2-9-17-24)28(27,20-12-4-1-5-13-20)25-18-10-3-11-19-25/h1,4-7,12-15,23,26H,2-3,8-11,16-19H2/t23-,28+/m1/s1. The Balaban J connectivity index is 1.88. The fourth-order valence-corrected chi connectivity index (χ4v) is 8.41. The van der Waals surface area contributed by atoms with E-state index in [2.05, 4.69) is 9.57 Å². The van der Waals surface area contributed by atoms with Crippen LogP contribution in [0.5, 0.6) is 5.75 Å². The van der Waals surface area contributed by atoms with E-state index in [1.807, 2.05) is 48.5 Å². The molecule has 2 aliphatic heterocycles. The molecule has 5 heteroatoms. The lowest BCUT2D eigenvalue weighted by Crippen LogP contribution is -2.41. The number of likely N-dealkylation sites (tertiary alicyclic amines) is 1. The lowest BCUT2D eigenvalue weighted by atomic mass is 10.1. The van der Waals surface area contributed by atoms with Gasteiger partial charge in [0.2, 0.25) is 0 Å². The Morgan fingerprint density at radius 3 is 1.96 bits per heavy atom. The van der Waals surface area contributed by atoms with Crippen molar-refractivity contribution in [3.63, 3.8) is 0 Å². The summed E-state index contributed by atoms with van der Waals surface area (Å²) in [6, 6.07) is 17.5. The van der Waals surface area contributed by atoms with Crippen molar-refractivity contribution in [2.24, 2.45) is 0 Å². The number of nitrogens with zero attached hydrogens (tertiary/aromatic N) is 2. The Kier molecular flexibility index (Phi) is 6.20. The SMILES string of the molecule is O=[P@@](c1ccccc1)([C@H](c1ccccc1O)N1CCCCC1)N1CCCCC1. The molecule has 2 heterocycles. The van der Waals surface area contributed by atoms with Crippen molar-refractivity contribution in [2.45, 2.75) is 44.3 Å². The first-order chi connectivity index (χ1) is 13.7. The maximum absolute atomic E-state index is 15.1. The molecule has 0 unspecified atom stereocenters. The number of hydrogen-bond donors (Lipinski definition) is 1. The molecule has 0 amide bonds. The topological polar surface area (TPSA) is 43.8 Å². The van der Waals surface area contributed by atoms with Gasteiger partial charge >= 0.3 is 0 Å². The molecule has 0 aliphatic carbocycles. The minimum absolute atomic E-state index is 0.256. The summed E-state index contributed by atoms with van der Waals surface area (Å²) < 4.78 is 17.3. The predicted octanol–water partition coefficient (Wildman–Crippen LogP) is 4.97. The maximum Gasteiger partial charge on any atom is 0.199 e. The number of benzene rings is 2. The summed E-state index contributed by atoms with van der Waals surface area (Å²) in [5, 5.41) is 11.7. The number of rotatable bonds is 5. The summed E-state index contributed by atoms with van der Waals surface area (Å²) in [7, 11) is -2.98. The van der Waals surface area contributed by atoms with Gasteiger partial charge in [-0.1, -0.05) is 61.4 Å². The highest BCUT2D eigenvalue weighted by atomic mass is 31.2. The van der Waals surface area contributed by atoms with E-state index in [0.29, 0.717) is 0 Å². The van der Waals surface area contributed by atoms with E-state index in [1.54, 1.807) is 6.07 Å². The zero-order chi connectivity index (χ0) is 19.4. The van der Waals surface area contributed by atoms with Gasteiger partial charge in [-0.3, -0.25) is 9.46 Å². The first kappa shape index (κ1) is 19.7. The fourth-order valence-electron chi connectivity index (χ4n) is 4.75. The van der Waals surface area contributed by atoms with Crippen LogP contribution in [-0.2, 0) is 4.57 Å². The van der Waals surface area contributed by atoms with Gasteiger partial charge in [-0.15, -0.1) is 0 Å². The number of phenols is 1. The molecule has 2 aliphatic rings. The third-order valence-electron chi connectivity index (χ3n) is 6.16. The van der Waals surface area contributed by atoms with Crippen molar-refractivity contribution in [1.29, 1.82) is 0 Å². The molecular weight excluding hydrogens is 367 g/mol. The van der Waals surface area contributed by atoms with Crippen LogP contribution in [-0.4, -0.2) is 40.9 Å². The second-order valence-corrected chi connectivity index (χ2v) is 10.8. The zero-order valence-corrected chi connectivity index (χ0v) is 17.4. The number of piperidine rings is 2.